The summed E-state index contributed by atoms with van der Waals surface area (Å²) in [4.78, 5) is 28.9. The number of amides is 3. The number of nitrogens with one attached hydrogen (secondary N) is 1. The van der Waals surface area contributed by atoms with E-state index in [2.05, 4.69) is 12.2 Å². The van der Waals surface area contributed by atoms with Gasteiger partial charge in [0.1, 0.15) is 11.9 Å². The van der Waals surface area contributed by atoms with Gasteiger partial charge in [0.15, 0.2) is 0 Å². The Morgan fingerprint density at radius 3 is 2.62 bits per heavy atom. The summed E-state index contributed by atoms with van der Waals surface area (Å²) in [6.07, 6.45) is 2.32. The number of hydrogen-bond donors (Lipinski definition) is 1. The first-order valence-corrected chi connectivity index (χ1v) is 9.65. The third kappa shape index (κ3) is 3.79. The highest BCUT2D eigenvalue weighted by Gasteiger charge is 2.34. The summed E-state index contributed by atoms with van der Waals surface area (Å²) in [5, 5.41) is 2.89. The Kier molecular flexibility index (Phi) is 5.69. The Hall–Kier alpha value is -2.24. The molecule has 2 aliphatic heterocycles. The Balaban J connectivity index is 1.72. The quantitative estimate of drug-likeness (QED) is 0.903. The van der Waals surface area contributed by atoms with E-state index in [9.17, 15) is 9.59 Å². The van der Waals surface area contributed by atoms with Crippen molar-refractivity contribution >= 4 is 17.6 Å². The summed E-state index contributed by atoms with van der Waals surface area (Å²) in [5.41, 5.74) is 1.96. The highest BCUT2D eigenvalue weighted by atomic mass is 16.5. The van der Waals surface area contributed by atoms with Crippen molar-refractivity contribution in [2.24, 2.45) is 5.92 Å². The van der Waals surface area contributed by atoms with Crippen LogP contribution >= 0.6 is 0 Å². The zero-order valence-electron chi connectivity index (χ0n) is 16.0. The van der Waals surface area contributed by atoms with Crippen molar-refractivity contribution in [2.45, 2.75) is 46.1 Å². The minimum Gasteiger partial charge on any atom is -0.486 e. The molecule has 6 nitrogen and oxygen atoms in total. The van der Waals surface area contributed by atoms with Crippen molar-refractivity contribution in [2.75, 3.05) is 31.1 Å². The zero-order valence-corrected chi connectivity index (χ0v) is 16.0. The molecule has 2 aliphatic rings. The van der Waals surface area contributed by atoms with Gasteiger partial charge in [0.05, 0.1) is 12.2 Å². The zero-order chi connectivity index (χ0) is 18.7. The highest BCUT2D eigenvalue weighted by molar-refractivity contribution is 5.94. The number of ether oxygens (including phenoxy) is 1. The number of aryl methyl sites for hydroxylation is 1. The number of likely N-dealkylation sites (tertiary alicyclic amines) is 1. The molecule has 0 bridgehead atoms. The van der Waals surface area contributed by atoms with Gasteiger partial charge in [-0.15, -0.1) is 0 Å². The Morgan fingerprint density at radius 1 is 1.23 bits per heavy atom. The van der Waals surface area contributed by atoms with E-state index in [-0.39, 0.29) is 24.0 Å². The van der Waals surface area contributed by atoms with Crippen molar-refractivity contribution in [1.29, 1.82) is 0 Å². The van der Waals surface area contributed by atoms with Gasteiger partial charge in [0.2, 0.25) is 5.91 Å². The van der Waals surface area contributed by atoms with Crippen LogP contribution < -0.4 is 15.0 Å². The average Bonchev–Trinajstić information content (AvgIpc) is 2.67. The van der Waals surface area contributed by atoms with Crippen molar-refractivity contribution in [3.8, 4) is 5.75 Å². The van der Waals surface area contributed by atoms with E-state index in [1.807, 2.05) is 41.8 Å². The number of piperidine rings is 1. The molecule has 1 fully saturated rings. The molecule has 1 unspecified atom stereocenters. The fourth-order valence-corrected chi connectivity index (χ4v) is 3.67. The van der Waals surface area contributed by atoms with Gasteiger partial charge in [-0.25, -0.2) is 4.79 Å². The smallest absolute Gasteiger partial charge is 0.324 e. The standard InChI is InChI=1S/C20H29N3O3/c1-4-16-13-23(17-12-14(3)6-7-18(17)26-16)20(25)22-10-8-15(9-11-22)19(24)21-5-2/h6-7,12,15-16H,4-5,8-11,13H2,1-3H3,(H,21,24). The van der Waals surface area contributed by atoms with E-state index < -0.39 is 0 Å². The lowest BCUT2D eigenvalue weighted by atomic mass is 9.96. The molecule has 1 aromatic rings. The number of nitrogens with zero attached hydrogens (tertiary/aromatic N) is 2. The van der Waals surface area contributed by atoms with Crippen LogP contribution in [-0.4, -0.2) is 49.1 Å². The Labute approximate surface area is 155 Å². The first-order valence-electron chi connectivity index (χ1n) is 9.65. The van der Waals surface area contributed by atoms with Gasteiger partial charge in [-0.05, 0) is 50.8 Å². The van der Waals surface area contributed by atoms with Gasteiger partial charge in [-0.1, -0.05) is 13.0 Å². The van der Waals surface area contributed by atoms with Crippen molar-refractivity contribution < 1.29 is 14.3 Å². The normalized spacial score (nSPS) is 20.3. The molecule has 0 aliphatic carbocycles. The minimum atomic E-state index is 0.0154. The second-order valence-corrected chi connectivity index (χ2v) is 7.17. The molecule has 0 spiro atoms. The molecule has 1 saturated heterocycles. The van der Waals surface area contributed by atoms with Crippen molar-refractivity contribution in [1.82, 2.24) is 10.2 Å². The Morgan fingerprint density at radius 2 is 1.96 bits per heavy atom. The Bertz CT molecular complexity index is 668. The first kappa shape index (κ1) is 18.5. The minimum absolute atomic E-state index is 0.0154. The summed E-state index contributed by atoms with van der Waals surface area (Å²) < 4.78 is 6.01. The first-order chi connectivity index (χ1) is 12.5. The van der Waals surface area contributed by atoms with Crippen LogP contribution in [0.5, 0.6) is 5.75 Å². The topological polar surface area (TPSA) is 61.9 Å². The van der Waals surface area contributed by atoms with Crippen LogP contribution in [0.25, 0.3) is 0 Å². The van der Waals surface area contributed by atoms with Gasteiger partial charge in [-0.2, -0.15) is 0 Å². The molecule has 1 atom stereocenters. The molecular weight excluding hydrogens is 330 g/mol. The second kappa shape index (κ2) is 7.98. The lowest BCUT2D eigenvalue weighted by Crippen LogP contribution is -2.52. The molecule has 6 heteroatoms. The molecule has 142 valence electrons. The number of anilines is 1. The van der Waals surface area contributed by atoms with Crippen LogP contribution in [0, 0.1) is 12.8 Å². The molecule has 1 N–H and O–H groups in total. The summed E-state index contributed by atoms with van der Waals surface area (Å²) in [5.74, 6) is 0.902. The van der Waals surface area contributed by atoms with Crippen LogP contribution in [0.4, 0.5) is 10.5 Å². The third-order valence-corrected chi connectivity index (χ3v) is 5.26. The van der Waals surface area contributed by atoms with Crippen LogP contribution in [0.2, 0.25) is 0 Å². The predicted octanol–water partition coefficient (Wildman–Crippen LogP) is 2.94. The monoisotopic (exact) mass is 359 g/mol. The number of benzene rings is 1. The van der Waals surface area contributed by atoms with Crippen molar-refractivity contribution in [3.63, 3.8) is 0 Å². The molecule has 26 heavy (non-hydrogen) atoms. The molecule has 2 heterocycles. The fourth-order valence-electron chi connectivity index (χ4n) is 3.67. The largest absolute Gasteiger partial charge is 0.486 e. The maximum Gasteiger partial charge on any atom is 0.324 e. The number of rotatable bonds is 3. The lowest BCUT2D eigenvalue weighted by Gasteiger charge is -2.39. The maximum atomic E-state index is 13.2. The van der Waals surface area contributed by atoms with Crippen molar-refractivity contribution in [3.05, 3.63) is 23.8 Å². The molecule has 0 radical (unpaired) electrons. The molecule has 3 amide bonds. The predicted molar refractivity (Wildman–Crippen MR) is 102 cm³/mol. The SMILES string of the molecule is CCNC(=O)C1CCN(C(=O)N2CC(CC)Oc3ccc(C)cc32)CC1. The van der Waals surface area contributed by atoms with Crippen LogP contribution in [0.15, 0.2) is 18.2 Å². The van der Waals surface area contributed by atoms with Gasteiger partial charge < -0.3 is 15.0 Å². The summed E-state index contributed by atoms with van der Waals surface area (Å²) in [6, 6.07) is 6.00. The van der Waals surface area contributed by atoms with E-state index in [0.717, 1.165) is 36.3 Å². The second-order valence-electron chi connectivity index (χ2n) is 7.17. The summed E-state index contributed by atoms with van der Waals surface area (Å²) in [7, 11) is 0. The van der Waals surface area contributed by atoms with E-state index in [1.165, 1.54) is 0 Å². The van der Waals surface area contributed by atoms with E-state index in [1.54, 1.807) is 0 Å². The van der Waals surface area contributed by atoms with Crippen LogP contribution in [-0.2, 0) is 4.79 Å². The van der Waals surface area contributed by atoms with Gasteiger partial charge in [0, 0.05) is 25.6 Å². The van der Waals surface area contributed by atoms with E-state index in [4.69, 9.17) is 4.74 Å². The average molecular weight is 359 g/mol. The molecular formula is C20H29N3O3. The summed E-state index contributed by atoms with van der Waals surface area (Å²) in [6.45, 7) is 8.49. The lowest BCUT2D eigenvalue weighted by molar-refractivity contribution is -0.126. The molecule has 3 rings (SSSR count). The molecule has 0 aromatic heterocycles. The van der Waals surface area contributed by atoms with E-state index in [0.29, 0.717) is 26.2 Å². The number of carbonyl (C=O) groups is 2. The number of hydrogen-bond acceptors (Lipinski definition) is 3. The number of fused-ring (bicyclic) bond motifs is 1. The number of carbonyl (C=O) groups excluding carboxylic acids is 2. The van der Waals surface area contributed by atoms with E-state index >= 15 is 0 Å². The summed E-state index contributed by atoms with van der Waals surface area (Å²) >= 11 is 0. The van der Waals surface area contributed by atoms with Gasteiger partial charge in [-0.3, -0.25) is 9.69 Å². The van der Waals surface area contributed by atoms with Crippen LogP contribution in [0.1, 0.15) is 38.7 Å². The van der Waals surface area contributed by atoms with Gasteiger partial charge >= 0.3 is 6.03 Å². The van der Waals surface area contributed by atoms with Gasteiger partial charge in [0.25, 0.3) is 0 Å². The highest BCUT2D eigenvalue weighted by Crippen LogP contribution is 2.36. The maximum absolute atomic E-state index is 13.2. The fraction of sp³-hybridized carbons (Fsp3) is 0.600. The number of urea groups is 1. The molecule has 1 aromatic carbocycles. The van der Waals surface area contributed by atoms with Crippen LogP contribution in [0.3, 0.4) is 0 Å². The molecule has 0 saturated carbocycles. The third-order valence-electron chi connectivity index (χ3n) is 5.26.